The maximum Gasteiger partial charge on any atom is 0.190 e. The molecule has 1 unspecified atom stereocenters. The third-order valence-electron chi connectivity index (χ3n) is 6.74. The predicted molar refractivity (Wildman–Crippen MR) is 137 cm³/mol. The second-order valence-corrected chi connectivity index (χ2v) is 10.7. The van der Waals surface area contributed by atoms with Gasteiger partial charge in [0.15, 0.2) is 5.78 Å². The van der Waals surface area contributed by atoms with E-state index in [1.165, 1.54) is 116 Å². The predicted octanol–water partition coefficient (Wildman–Crippen LogP) is 7.83. The number of quaternary nitrogens is 1. The Bertz CT molecular complexity index is 389. The van der Waals surface area contributed by atoms with Gasteiger partial charge in [0.25, 0.3) is 0 Å². The molecule has 0 radical (unpaired) electrons. The molecule has 0 heterocycles. The summed E-state index contributed by atoms with van der Waals surface area (Å²) in [7, 11) is 6.15. The van der Waals surface area contributed by atoms with Crippen LogP contribution < -0.4 is 0 Å². The number of aliphatic hydroxyl groups excluding tert-OH is 1. The number of hydrogen-bond donors (Lipinski definition) is 1. The molecule has 1 N–H and O–H groups in total. The SMILES string of the molecule is CCCCCCCCCCCCCCCCCCCCCC(=O)C(CCO)[N+](C)(C)C. The maximum atomic E-state index is 12.4. The first-order valence-electron chi connectivity index (χ1n) is 13.9. The van der Waals surface area contributed by atoms with Gasteiger partial charge in [-0.05, 0) is 6.42 Å². The summed E-state index contributed by atoms with van der Waals surface area (Å²) in [5.41, 5.74) is 0. The second kappa shape index (κ2) is 21.4. The highest BCUT2D eigenvalue weighted by molar-refractivity contribution is 5.82. The summed E-state index contributed by atoms with van der Waals surface area (Å²) in [6.07, 6.45) is 27.4. The van der Waals surface area contributed by atoms with Gasteiger partial charge in [0.05, 0.1) is 21.1 Å². The molecule has 0 aliphatic rings. The average Bonchev–Trinajstić information content (AvgIpc) is 2.72. The van der Waals surface area contributed by atoms with Crippen LogP contribution in [-0.2, 0) is 4.79 Å². The molecular weight excluding hydrogens is 382 g/mol. The number of hydrogen-bond acceptors (Lipinski definition) is 2. The summed E-state index contributed by atoms with van der Waals surface area (Å²) >= 11 is 0. The van der Waals surface area contributed by atoms with E-state index in [1.807, 2.05) is 0 Å². The largest absolute Gasteiger partial charge is 0.396 e. The first kappa shape index (κ1) is 30.6. The number of rotatable bonds is 24. The average molecular weight is 441 g/mol. The van der Waals surface area contributed by atoms with Crippen molar-refractivity contribution in [2.45, 2.75) is 148 Å². The third-order valence-corrected chi connectivity index (χ3v) is 6.74. The van der Waals surface area contributed by atoms with Crippen LogP contribution in [-0.4, -0.2) is 49.2 Å². The molecule has 0 aromatic carbocycles. The Morgan fingerprint density at radius 3 is 1.23 bits per heavy atom. The van der Waals surface area contributed by atoms with Gasteiger partial charge in [-0.1, -0.05) is 122 Å². The molecular formula is C28H58NO2+. The van der Waals surface area contributed by atoms with Gasteiger partial charge in [-0.3, -0.25) is 4.79 Å². The molecule has 0 saturated carbocycles. The normalized spacial score (nSPS) is 12.9. The van der Waals surface area contributed by atoms with E-state index in [0.29, 0.717) is 23.1 Å². The smallest absolute Gasteiger partial charge is 0.190 e. The van der Waals surface area contributed by atoms with Crippen LogP contribution in [0.4, 0.5) is 0 Å². The molecule has 0 amide bonds. The Hall–Kier alpha value is -0.410. The van der Waals surface area contributed by atoms with Crippen molar-refractivity contribution in [1.82, 2.24) is 0 Å². The minimum atomic E-state index is -0.0550. The lowest BCUT2D eigenvalue weighted by Gasteiger charge is -2.32. The number of nitrogens with zero attached hydrogens (tertiary/aromatic N) is 1. The fraction of sp³-hybridized carbons (Fsp3) is 0.964. The number of likely N-dealkylation sites (N-methyl/N-ethyl adjacent to an activating group) is 1. The highest BCUT2D eigenvalue weighted by atomic mass is 16.3. The van der Waals surface area contributed by atoms with Crippen molar-refractivity contribution in [2.75, 3.05) is 27.7 Å². The van der Waals surface area contributed by atoms with Gasteiger partial charge in [-0.25, -0.2) is 0 Å². The molecule has 0 aliphatic heterocycles. The molecule has 0 aliphatic carbocycles. The van der Waals surface area contributed by atoms with Gasteiger partial charge in [0, 0.05) is 19.4 Å². The Balaban J connectivity index is 3.34. The summed E-state index contributed by atoms with van der Waals surface area (Å²) in [5.74, 6) is 0.327. The highest BCUT2D eigenvalue weighted by Crippen LogP contribution is 2.16. The minimum absolute atomic E-state index is 0.0550. The van der Waals surface area contributed by atoms with E-state index < -0.39 is 0 Å². The Kier molecular flexibility index (Phi) is 21.2. The number of Topliss-reactive ketones (excluding diaryl/α,β-unsaturated/α-hetero) is 1. The number of unbranched alkanes of at least 4 members (excludes halogenated alkanes) is 18. The second-order valence-electron chi connectivity index (χ2n) is 10.7. The zero-order chi connectivity index (χ0) is 23.2. The first-order chi connectivity index (χ1) is 14.9. The third kappa shape index (κ3) is 20.0. The number of carbonyl (C=O) groups excluding carboxylic acids is 1. The molecule has 0 spiro atoms. The van der Waals surface area contributed by atoms with Gasteiger partial charge in [-0.15, -0.1) is 0 Å². The molecule has 0 rings (SSSR count). The Labute approximate surface area is 196 Å². The quantitative estimate of drug-likeness (QED) is 0.123. The van der Waals surface area contributed by atoms with Crippen LogP contribution in [0.1, 0.15) is 142 Å². The van der Waals surface area contributed by atoms with Crippen molar-refractivity contribution in [3.8, 4) is 0 Å². The van der Waals surface area contributed by atoms with Crippen LogP contribution in [0.25, 0.3) is 0 Å². The number of ketones is 1. The number of aliphatic hydroxyl groups is 1. The van der Waals surface area contributed by atoms with Gasteiger partial charge < -0.3 is 9.59 Å². The molecule has 1 atom stereocenters. The van der Waals surface area contributed by atoms with E-state index in [0.717, 1.165) is 6.42 Å². The molecule has 0 saturated heterocycles. The summed E-state index contributed by atoms with van der Waals surface area (Å²) < 4.78 is 0.624. The van der Waals surface area contributed by atoms with Crippen molar-refractivity contribution in [3.63, 3.8) is 0 Å². The molecule has 0 aromatic rings. The van der Waals surface area contributed by atoms with Gasteiger partial charge in [0.2, 0.25) is 0 Å². The zero-order valence-electron chi connectivity index (χ0n) is 21.9. The van der Waals surface area contributed by atoms with Crippen molar-refractivity contribution in [2.24, 2.45) is 0 Å². The topological polar surface area (TPSA) is 37.3 Å². The Morgan fingerprint density at radius 1 is 0.613 bits per heavy atom. The van der Waals surface area contributed by atoms with Gasteiger partial charge in [-0.2, -0.15) is 0 Å². The van der Waals surface area contributed by atoms with E-state index in [-0.39, 0.29) is 12.6 Å². The summed E-state index contributed by atoms with van der Waals surface area (Å²) in [6.45, 7) is 2.39. The molecule has 0 aromatic heterocycles. The van der Waals surface area contributed by atoms with E-state index in [4.69, 9.17) is 0 Å². The van der Waals surface area contributed by atoms with Crippen LogP contribution in [0.3, 0.4) is 0 Å². The Morgan fingerprint density at radius 2 is 0.935 bits per heavy atom. The minimum Gasteiger partial charge on any atom is -0.396 e. The van der Waals surface area contributed by atoms with E-state index in [1.54, 1.807) is 0 Å². The van der Waals surface area contributed by atoms with Gasteiger partial charge >= 0.3 is 0 Å². The van der Waals surface area contributed by atoms with Crippen molar-refractivity contribution >= 4 is 5.78 Å². The fourth-order valence-corrected chi connectivity index (χ4v) is 4.65. The fourth-order valence-electron chi connectivity index (χ4n) is 4.65. The van der Waals surface area contributed by atoms with Crippen LogP contribution in [0, 0.1) is 0 Å². The monoisotopic (exact) mass is 440 g/mol. The zero-order valence-corrected chi connectivity index (χ0v) is 21.9. The molecule has 186 valence electrons. The summed E-state index contributed by atoms with van der Waals surface area (Å²) in [5, 5.41) is 9.22. The van der Waals surface area contributed by atoms with Crippen LogP contribution in [0.5, 0.6) is 0 Å². The van der Waals surface area contributed by atoms with E-state index >= 15 is 0 Å². The first-order valence-corrected chi connectivity index (χ1v) is 13.9. The highest BCUT2D eigenvalue weighted by Gasteiger charge is 2.29. The van der Waals surface area contributed by atoms with Crippen molar-refractivity contribution < 1.29 is 14.4 Å². The summed E-state index contributed by atoms with van der Waals surface area (Å²) in [6, 6.07) is -0.0550. The molecule has 0 fully saturated rings. The maximum absolute atomic E-state index is 12.4. The van der Waals surface area contributed by atoms with Crippen LogP contribution >= 0.6 is 0 Å². The van der Waals surface area contributed by atoms with Crippen LogP contribution in [0.15, 0.2) is 0 Å². The molecule has 31 heavy (non-hydrogen) atoms. The lowest BCUT2D eigenvalue weighted by atomic mass is 9.99. The van der Waals surface area contributed by atoms with Crippen molar-refractivity contribution in [1.29, 1.82) is 0 Å². The van der Waals surface area contributed by atoms with E-state index in [9.17, 15) is 9.90 Å². The molecule has 0 bridgehead atoms. The number of carbonyl (C=O) groups is 1. The standard InChI is InChI=1S/C28H58NO2/c1-5-6-7-8-9-10-11-12-13-14-15-16-17-18-19-20-21-22-23-24-28(31)27(25-26-30)29(2,3)4/h27,30H,5-26H2,1-4H3/q+1. The lowest BCUT2D eigenvalue weighted by Crippen LogP contribution is -2.50. The van der Waals surface area contributed by atoms with Crippen molar-refractivity contribution in [3.05, 3.63) is 0 Å². The van der Waals surface area contributed by atoms with Gasteiger partial charge in [0.1, 0.15) is 6.04 Å². The lowest BCUT2D eigenvalue weighted by molar-refractivity contribution is -0.886. The van der Waals surface area contributed by atoms with Crippen LogP contribution in [0.2, 0.25) is 0 Å². The molecule has 3 nitrogen and oxygen atoms in total. The molecule has 3 heteroatoms. The van der Waals surface area contributed by atoms with E-state index in [2.05, 4.69) is 28.1 Å². The summed E-state index contributed by atoms with van der Waals surface area (Å²) in [4.78, 5) is 12.4.